The van der Waals surface area contributed by atoms with Crippen LogP contribution in [-0.2, 0) is 15.2 Å². The molecule has 5 nitrogen and oxygen atoms in total. The van der Waals surface area contributed by atoms with Crippen molar-refractivity contribution in [3.63, 3.8) is 0 Å². The summed E-state index contributed by atoms with van der Waals surface area (Å²) in [5.41, 5.74) is 1.07. The molecule has 3 aliphatic heterocycles. The average Bonchev–Trinajstić information content (AvgIpc) is 2.72. The fourth-order valence-electron chi connectivity index (χ4n) is 4.08. The van der Waals surface area contributed by atoms with Gasteiger partial charge in [-0.3, -0.25) is 9.63 Å². The van der Waals surface area contributed by atoms with E-state index in [2.05, 4.69) is 5.32 Å². The van der Waals surface area contributed by atoms with Crippen LogP contribution in [0.3, 0.4) is 0 Å². The molecule has 3 aliphatic rings. The standard InChI is InChI=1S/C17H22N2O3/c1-17(14-7-2-3-8-15(14)18-16(17)21)22-19-11-5-4-6-12(19)10-13(20)9-11/h2-3,7-8,11-12,16,18,21H,4-6,9-10H2,1H3. The molecule has 0 radical (unpaired) electrons. The number of Topliss-reactive ketones (excluding diaryl/α,β-unsaturated/α-hetero) is 1. The first-order valence-electron chi connectivity index (χ1n) is 8.11. The van der Waals surface area contributed by atoms with E-state index in [0.29, 0.717) is 18.6 Å². The molecule has 0 amide bonds. The Kier molecular flexibility index (Phi) is 3.25. The van der Waals surface area contributed by atoms with Crippen molar-refractivity contribution >= 4 is 11.5 Å². The predicted octanol–water partition coefficient (Wildman–Crippen LogP) is 2.16. The Morgan fingerprint density at radius 2 is 1.95 bits per heavy atom. The number of carbonyl (C=O) groups is 1. The number of benzene rings is 1. The number of carbonyl (C=O) groups excluding carboxylic acids is 1. The first kappa shape index (κ1) is 14.2. The highest BCUT2D eigenvalue weighted by Crippen LogP contribution is 2.44. The maximum Gasteiger partial charge on any atom is 0.160 e. The van der Waals surface area contributed by atoms with E-state index in [4.69, 9.17) is 4.84 Å². The van der Waals surface area contributed by atoms with E-state index in [9.17, 15) is 9.90 Å². The lowest BCUT2D eigenvalue weighted by atomic mass is 9.85. The highest BCUT2D eigenvalue weighted by molar-refractivity contribution is 5.80. The van der Waals surface area contributed by atoms with Crippen molar-refractivity contribution in [1.29, 1.82) is 0 Å². The van der Waals surface area contributed by atoms with Gasteiger partial charge in [0.15, 0.2) is 11.8 Å². The lowest BCUT2D eigenvalue weighted by Gasteiger charge is -2.47. The quantitative estimate of drug-likeness (QED) is 0.876. The first-order chi connectivity index (χ1) is 10.6. The lowest BCUT2D eigenvalue weighted by molar-refractivity contribution is -0.315. The molecule has 2 saturated heterocycles. The SMILES string of the molecule is CC1(ON2C3CCCC2CC(=O)C3)c2ccccc2NC1O. The topological polar surface area (TPSA) is 61.8 Å². The van der Waals surface area contributed by atoms with Crippen LogP contribution in [0.5, 0.6) is 0 Å². The normalized spacial score (nSPS) is 37.7. The van der Waals surface area contributed by atoms with Gasteiger partial charge in [0.1, 0.15) is 5.78 Å². The summed E-state index contributed by atoms with van der Waals surface area (Å²) in [5, 5.41) is 15.6. The third kappa shape index (κ3) is 2.07. The predicted molar refractivity (Wildman–Crippen MR) is 82.0 cm³/mol. The molecule has 0 aliphatic carbocycles. The van der Waals surface area contributed by atoms with Crippen LogP contribution in [0.25, 0.3) is 0 Å². The third-order valence-corrected chi connectivity index (χ3v) is 5.29. The van der Waals surface area contributed by atoms with Gasteiger partial charge >= 0.3 is 0 Å². The lowest BCUT2D eigenvalue weighted by Crippen LogP contribution is -2.56. The van der Waals surface area contributed by atoms with Crippen LogP contribution in [-0.4, -0.2) is 34.3 Å². The molecule has 118 valence electrons. The van der Waals surface area contributed by atoms with Gasteiger partial charge in [0.05, 0.1) is 0 Å². The largest absolute Gasteiger partial charge is 0.370 e. The van der Waals surface area contributed by atoms with E-state index in [1.165, 1.54) is 0 Å². The number of nitrogens with one attached hydrogen (secondary N) is 1. The molecule has 4 atom stereocenters. The van der Waals surface area contributed by atoms with Crippen LogP contribution < -0.4 is 5.32 Å². The van der Waals surface area contributed by atoms with Crippen LogP contribution in [0.15, 0.2) is 24.3 Å². The second-order valence-electron chi connectivity index (χ2n) is 6.84. The molecule has 4 unspecified atom stereocenters. The minimum absolute atomic E-state index is 0.150. The van der Waals surface area contributed by atoms with Crippen LogP contribution in [0.2, 0.25) is 0 Å². The van der Waals surface area contributed by atoms with Gasteiger partial charge in [-0.05, 0) is 25.8 Å². The Morgan fingerprint density at radius 1 is 1.27 bits per heavy atom. The van der Waals surface area contributed by atoms with Crippen LogP contribution in [0.1, 0.15) is 44.6 Å². The summed E-state index contributed by atoms with van der Waals surface area (Å²) in [4.78, 5) is 18.2. The van der Waals surface area contributed by atoms with Gasteiger partial charge in [0.25, 0.3) is 0 Å². The van der Waals surface area contributed by atoms with Crippen LogP contribution in [0, 0.1) is 0 Å². The van der Waals surface area contributed by atoms with E-state index in [1.54, 1.807) is 0 Å². The molecule has 2 N–H and O–H groups in total. The molecule has 5 heteroatoms. The van der Waals surface area contributed by atoms with E-state index in [-0.39, 0.29) is 12.1 Å². The Bertz CT molecular complexity index is 589. The number of piperidine rings is 2. The summed E-state index contributed by atoms with van der Waals surface area (Å²) >= 11 is 0. The highest BCUT2D eigenvalue weighted by atomic mass is 16.7. The molecule has 4 rings (SSSR count). The zero-order chi connectivity index (χ0) is 15.3. The van der Waals surface area contributed by atoms with Crippen molar-refractivity contribution < 1.29 is 14.7 Å². The van der Waals surface area contributed by atoms with Crippen molar-refractivity contribution in [2.45, 2.75) is 62.9 Å². The molecule has 0 saturated carbocycles. The molecule has 2 bridgehead atoms. The summed E-state index contributed by atoms with van der Waals surface area (Å²) < 4.78 is 0. The third-order valence-electron chi connectivity index (χ3n) is 5.29. The number of aliphatic hydroxyl groups is 1. The minimum atomic E-state index is -0.815. The Morgan fingerprint density at radius 3 is 2.68 bits per heavy atom. The molecule has 2 fully saturated rings. The number of aliphatic hydroxyl groups excluding tert-OH is 1. The van der Waals surface area contributed by atoms with Crippen LogP contribution >= 0.6 is 0 Å². The molecule has 3 heterocycles. The van der Waals surface area contributed by atoms with Gasteiger partial charge < -0.3 is 10.4 Å². The zero-order valence-electron chi connectivity index (χ0n) is 12.8. The molecule has 22 heavy (non-hydrogen) atoms. The van der Waals surface area contributed by atoms with E-state index < -0.39 is 11.8 Å². The fourth-order valence-corrected chi connectivity index (χ4v) is 4.08. The number of hydrogen-bond acceptors (Lipinski definition) is 5. The van der Waals surface area contributed by atoms with Crippen molar-refractivity contribution in [2.75, 3.05) is 5.32 Å². The summed E-state index contributed by atoms with van der Waals surface area (Å²) in [5.74, 6) is 0.338. The Labute approximate surface area is 130 Å². The van der Waals surface area contributed by atoms with Gasteiger partial charge in [0.2, 0.25) is 0 Å². The maximum absolute atomic E-state index is 11.9. The smallest absolute Gasteiger partial charge is 0.160 e. The first-order valence-corrected chi connectivity index (χ1v) is 8.11. The second kappa shape index (κ2) is 5.05. The summed E-state index contributed by atoms with van der Waals surface area (Å²) in [6.45, 7) is 1.92. The van der Waals surface area contributed by atoms with Gasteiger partial charge in [-0.1, -0.05) is 24.6 Å². The number of hydroxylamine groups is 2. The molecule has 1 aromatic carbocycles. The number of fused-ring (bicyclic) bond motifs is 3. The summed E-state index contributed by atoms with van der Waals surface area (Å²) in [6.07, 6.45) is 3.47. The Hall–Kier alpha value is -1.43. The molecular formula is C17H22N2O3. The van der Waals surface area contributed by atoms with Crippen molar-refractivity contribution in [3.05, 3.63) is 29.8 Å². The summed E-state index contributed by atoms with van der Waals surface area (Å²) in [6, 6.07) is 8.14. The van der Waals surface area contributed by atoms with Gasteiger partial charge in [-0.15, -0.1) is 0 Å². The number of hydrogen-bond donors (Lipinski definition) is 2. The molecule has 0 aromatic heterocycles. The van der Waals surface area contributed by atoms with Gasteiger partial charge in [0, 0.05) is 36.2 Å². The van der Waals surface area contributed by atoms with Gasteiger partial charge in [-0.25, -0.2) is 0 Å². The maximum atomic E-state index is 11.9. The van der Waals surface area contributed by atoms with E-state index in [0.717, 1.165) is 30.5 Å². The monoisotopic (exact) mass is 302 g/mol. The van der Waals surface area contributed by atoms with Crippen LogP contribution in [0.4, 0.5) is 5.69 Å². The molecular weight excluding hydrogens is 280 g/mol. The Balaban J connectivity index is 1.64. The number of rotatable bonds is 2. The van der Waals surface area contributed by atoms with Crippen molar-refractivity contribution in [2.24, 2.45) is 0 Å². The van der Waals surface area contributed by atoms with Gasteiger partial charge in [-0.2, -0.15) is 5.06 Å². The number of para-hydroxylation sites is 1. The van der Waals surface area contributed by atoms with E-state index in [1.807, 2.05) is 36.3 Å². The average molecular weight is 302 g/mol. The second-order valence-corrected chi connectivity index (χ2v) is 6.84. The number of anilines is 1. The number of ketones is 1. The summed E-state index contributed by atoms with van der Waals surface area (Å²) in [7, 11) is 0. The minimum Gasteiger partial charge on any atom is -0.370 e. The highest BCUT2D eigenvalue weighted by Gasteiger charge is 2.49. The fraction of sp³-hybridized carbons (Fsp3) is 0.588. The van der Waals surface area contributed by atoms with E-state index >= 15 is 0 Å². The van der Waals surface area contributed by atoms with Crippen molar-refractivity contribution in [3.8, 4) is 0 Å². The molecule has 0 spiro atoms. The molecule has 1 aromatic rings. The van der Waals surface area contributed by atoms with Crippen molar-refractivity contribution in [1.82, 2.24) is 5.06 Å². The zero-order valence-corrected chi connectivity index (χ0v) is 12.8. The number of nitrogens with zero attached hydrogens (tertiary/aromatic N) is 1.